The van der Waals surface area contributed by atoms with Gasteiger partial charge in [0.1, 0.15) is 26.4 Å². The van der Waals surface area contributed by atoms with Crippen molar-refractivity contribution in [3.8, 4) is 0 Å². The Labute approximate surface area is 250 Å². The number of amides is 2. The lowest BCUT2D eigenvalue weighted by atomic mass is 10.2. The first-order chi connectivity index (χ1) is 21.0. The number of ether oxygens (including phenoxy) is 7. The normalized spacial score (nSPS) is 20.6. The Morgan fingerprint density at radius 2 is 0.953 bits per heavy atom. The number of carbonyl (C=O) groups is 4. The highest BCUT2D eigenvalue weighted by Gasteiger charge is 2.24. The summed E-state index contributed by atoms with van der Waals surface area (Å²) >= 11 is 0. The third-order valence-electron chi connectivity index (χ3n) is 5.81. The Hall–Kier alpha value is -3.88. The molecule has 2 amide bonds. The van der Waals surface area contributed by atoms with Gasteiger partial charge in [-0.25, -0.2) is 9.59 Å². The van der Waals surface area contributed by atoms with Crippen LogP contribution in [0.2, 0.25) is 0 Å². The number of hydrogen-bond donors (Lipinski definition) is 2. The minimum Gasteiger partial charge on any atom is -0.462 e. The average Bonchev–Trinajstić information content (AvgIpc) is 3.01. The molecule has 2 aromatic rings. The number of hydrogen-bond acceptors (Lipinski definition) is 11. The molecule has 2 N–H and O–H groups in total. The van der Waals surface area contributed by atoms with E-state index in [1.807, 2.05) is 60.7 Å². The SMILES string of the molecule is O=C1COCCOCC(=O)N[C@@H](COCc2ccccc2)C(=O)OCCOCCOC(=O)[C@H](COCc2ccccc2)N1. The Bertz CT molecular complexity index is 1030. The van der Waals surface area contributed by atoms with E-state index in [4.69, 9.17) is 33.2 Å². The van der Waals surface area contributed by atoms with Crippen molar-refractivity contribution in [2.75, 3.05) is 66.1 Å². The molecule has 2 atom stereocenters. The van der Waals surface area contributed by atoms with Crippen LogP contribution in [0.15, 0.2) is 60.7 Å². The second-order valence-corrected chi connectivity index (χ2v) is 9.29. The van der Waals surface area contributed by atoms with Crippen molar-refractivity contribution >= 4 is 23.8 Å². The highest BCUT2D eigenvalue weighted by Crippen LogP contribution is 2.04. The van der Waals surface area contributed by atoms with Gasteiger partial charge in [-0.05, 0) is 11.1 Å². The average molecular weight is 603 g/mol. The summed E-state index contributed by atoms with van der Waals surface area (Å²) < 4.78 is 37.7. The number of esters is 2. The summed E-state index contributed by atoms with van der Waals surface area (Å²) in [7, 11) is 0. The highest BCUT2D eigenvalue weighted by molar-refractivity contribution is 5.85. The molecule has 1 heterocycles. The van der Waals surface area contributed by atoms with Crippen molar-refractivity contribution < 1.29 is 52.3 Å². The number of benzene rings is 2. The highest BCUT2D eigenvalue weighted by atomic mass is 16.6. The molecular weight excluding hydrogens is 564 g/mol. The molecular formula is C30H38N2O11. The fourth-order valence-electron chi connectivity index (χ4n) is 3.70. The first-order valence-electron chi connectivity index (χ1n) is 13.9. The van der Waals surface area contributed by atoms with Crippen LogP contribution >= 0.6 is 0 Å². The molecule has 2 aromatic carbocycles. The smallest absolute Gasteiger partial charge is 0.331 e. The summed E-state index contributed by atoms with van der Waals surface area (Å²) in [5.41, 5.74) is 1.81. The monoisotopic (exact) mass is 602 g/mol. The van der Waals surface area contributed by atoms with Gasteiger partial charge in [0.05, 0.1) is 52.9 Å². The van der Waals surface area contributed by atoms with Gasteiger partial charge in [0, 0.05) is 0 Å². The van der Waals surface area contributed by atoms with Crippen molar-refractivity contribution in [2.45, 2.75) is 25.3 Å². The van der Waals surface area contributed by atoms with Crippen LogP contribution in [-0.4, -0.2) is 102 Å². The molecule has 1 aliphatic heterocycles. The molecule has 0 aliphatic carbocycles. The van der Waals surface area contributed by atoms with Crippen molar-refractivity contribution in [3.63, 3.8) is 0 Å². The molecule has 3 rings (SSSR count). The lowest BCUT2D eigenvalue weighted by molar-refractivity contribution is -0.153. The lowest BCUT2D eigenvalue weighted by Crippen LogP contribution is -2.46. The van der Waals surface area contributed by atoms with Gasteiger partial charge in [-0.15, -0.1) is 0 Å². The second-order valence-electron chi connectivity index (χ2n) is 9.29. The summed E-state index contributed by atoms with van der Waals surface area (Å²) in [5.74, 6) is -2.51. The van der Waals surface area contributed by atoms with Crippen molar-refractivity contribution in [2.24, 2.45) is 0 Å². The summed E-state index contributed by atoms with van der Waals surface area (Å²) in [4.78, 5) is 50.1. The lowest BCUT2D eigenvalue weighted by Gasteiger charge is -2.18. The number of carbonyl (C=O) groups excluding carboxylic acids is 4. The molecule has 1 saturated heterocycles. The van der Waals surface area contributed by atoms with Gasteiger partial charge in [-0.1, -0.05) is 60.7 Å². The zero-order chi connectivity index (χ0) is 30.5. The van der Waals surface area contributed by atoms with Gasteiger partial charge in [0.25, 0.3) is 0 Å². The van der Waals surface area contributed by atoms with Gasteiger partial charge in [-0.2, -0.15) is 0 Å². The van der Waals surface area contributed by atoms with E-state index in [0.29, 0.717) is 0 Å². The largest absolute Gasteiger partial charge is 0.462 e. The maximum atomic E-state index is 12.7. The Morgan fingerprint density at radius 1 is 0.558 bits per heavy atom. The minimum atomic E-state index is -1.07. The van der Waals surface area contributed by atoms with Gasteiger partial charge in [0.2, 0.25) is 11.8 Å². The number of cyclic esters (lactones) is 2. The molecule has 1 fully saturated rings. The standard InChI is InChI=1S/C30H38N2O11/c33-27-21-38-11-12-39-22-28(34)32-26(20-41-18-24-9-5-2-6-10-24)30(36)43-16-14-37-13-15-42-29(35)25(31-27)19-40-17-23-7-3-1-4-8-23/h1-10,25-26H,11-22H2,(H,31,33)(H,32,34)/t25-,26-/m0/s1. The second kappa shape index (κ2) is 20.1. The van der Waals surface area contributed by atoms with Crippen LogP contribution in [0.5, 0.6) is 0 Å². The quantitative estimate of drug-likeness (QED) is 0.407. The van der Waals surface area contributed by atoms with Gasteiger partial charge in [0.15, 0.2) is 12.1 Å². The van der Waals surface area contributed by atoms with Crippen LogP contribution in [0.3, 0.4) is 0 Å². The van der Waals surface area contributed by atoms with E-state index in [2.05, 4.69) is 10.6 Å². The molecule has 43 heavy (non-hydrogen) atoms. The molecule has 0 bridgehead atoms. The first-order valence-corrected chi connectivity index (χ1v) is 13.9. The maximum absolute atomic E-state index is 12.7. The van der Waals surface area contributed by atoms with E-state index in [-0.39, 0.29) is 79.3 Å². The van der Waals surface area contributed by atoms with Crippen LogP contribution < -0.4 is 10.6 Å². The Balaban J connectivity index is 1.50. The third-order valence-corrected chi connectivity index (χ3v) is 5.81. The molecule has 13 nitrogen and oxygen atoms in total. The fourth-order valence-corrected chi connectivity index (χ4v) is 3.70. The van der Waals surface area contributed by atoms with Crippen LogP contribution in [-0.2, 0) is 65.5 Å². The van der Waals surface area contributed by atoms with E-state index in [0.717, 1.165) is 11.1 Å². The predicted octanol–water partition coefficient (Wildman–Crippen LogP) is 0.539. The summed E-state index contributed by atoms with van der Waals surface area (Å²) in [6, 6.07) is 16.6. The van der Waals surface area contributed by atoms with Crippen LogP contribution in [0.1, 0.15) is 11.1 Å². The number of rotatable bonds is 8. The predicted molar refractivity (Wildman–Crippen MR) is 150 cm³/mol. The molecule has 0 aromatic heterocycles. The van der Waals surface area contributed by atoms with Gasteiger partial charge in [-0.3, -0.25) is 9.59 Å². The van der Waals surface area contributed by atoms with E-state index < -0.39 is 35.8 Å². The van der Waals surface area contributed by atoms with Crippen molar-refractivity contribution in [3.05, 3.63) is 71.8 Å². The van der Waals surface area contributed by atoms with E-state index in [1.54, 1.807) is 0 Å². The maximum Gasteiger partial charge on any atom is 0.331 e. The summed E-state index contributed by atoms with van der Waals surface area (Å²) in [5, 5.41) is 5.10. The van der Waals surface area contributed by atoms with E-state index >= 15 is 0 Å². The fraction of sp³-hybridized carbons (Fsp3) is 0.467. The molecule has 234 valence electrons. The minimum absolute atomic E-state index is 0.00329. The molecule has 0 spiro atoms. The molecule has 0 radical (unpaired) electrons. The summed E-state index contributed by atoms with van der Waals surface area (Å²) in [6.07, 6.45) is 0. The Morgan fingerprint density at radius 3 is 1.37 bits per heavy atom. The Kier molecular flexibility index (Phi) is 15.7. The first kappa shape index (κ1) is 33.6. The topological polar surface area (TPSA) is 157 Å². The van der Waals surface area contributed by atoms with E-state index in [9.17, 15) is 19.2 Å². The van der Waals surface area contributed by atoms with Gasteiger partial charge < -0.3 is 43.8 Å². The molecule has 0 saturated carbocycles. The van der Waals surface area contributed by atoms with Crippen LogP contribution in [0.4, 0.5) is 0 Å². The molecule has 13 heteroatoms. The van der Waals surface area contributed by atoms with Crippen molar-refractivity contribution in [1.82, 2.24) is 10.6 Å². The van der Waals surface area contributed by atoms with Crippen LogP contribution in [0.25, 0.3) is 0 Å². The van der Waals surface area contributed by atoms with Crippen molar-refractivity contribution in [1.29, 1.82) is 0 Å². The van der Waals surface area contributed by atoms with Crippen LogP contribution in [0, 0.1) is 0 Å². The van der Waals surface area contributed by atoms with Gasteiger partial charge >= 0.3 is 11.9 Å². The molecule has 1 aliphatic rings. The zero-order valence-corrected chi connectivity index (χ0v) is 23.9. The molecule has 0 unspecified atom stereocenters. The summed E-state index contributed by atoms with van der Waals surface area (Å²) in [6.45, 7) is -0.613. The third kappa shape index (κ3) is 14.2. The van der Waals surface area contributed by atoms with E-state index in [1.165, 1.54) is 0 Å². The number of nitrogens with one attached hydrogen (secondary N) is 2. The zero-order valence-electron chi connectivity index (χ0n) is 23.9.